The first-order chi connectivity index (χ1) is 19.0. The van der Waals surface area contributed by atoms with Gasteiger partial charge in [-0.2, -0.15) is 13.2 Å². The van der Waals surface area contributed by atoms with Crippen LogP contribution in [0.2, 0.25) is 20.1 Å². The molecule has 0 unspecified atom stereocenters. The topological polar surface area (TPSA) is 95.5 Å². The van der Waals surface area contributed by atoms with Gasteiger partial charge in [0, 0.05) is 10.6 Å². The van der Waals surface area contributed by atoms with E-state index >= 15 is 0 Å². The number of benzene rings is 3. The lowest BCUT2D eigenvalue weighted by Crippen LogP contribution is -2.21. The maximum atomic E-state index is 14.0. The molecular formula is C23H9Cl4F7N2O4S. The number of carbonyl (C=O) groups is 3. The zero-order chi connectivity index (χ0) is 31.0. The second-order valence-corrected chi connectivity index (χ2v) is 10.2. The zero-order valence-corrected chi connectivity index (χ0v) is 23.1. The molecule has 0 bridgehead atoms. The minimum atomic E-state index is -5.75. The van der Waals surface area contributed by atoms with Crippen molar-refractivity contribution in [2.24, 2.45) is 0 Å². The van der Waals surface area contributed by atoms with Crippen molar-refractivity contribution in [2.75, 3.05) is 16.4 Å². The van der Waals surface area contributed by atoms with Gasteiger partial charge >= 0.3 is 12.1 Å². The van der Waals surface area contributed by atoms with Crippen LogP contribution in [0.3, 0.4) is 0 Å². The van der Waals surface area contributed by atoms with Crippen LogP contribution < -0.4 is 10.6 Å². The van der Waals surface area contributed by atoms with E-state index in [0.717, 1.165) is 0 Å². The van der Waals surface area contributed by atoms with E-state index in [-0.39, 0.29) is 15.6 Å². The van der Waals surface area contributed by atoms with Crippen molar-refractivity contribution in [3.63, 3.8) is 0 Å². The normalized spacial score (nSPS) is 11.4. The Kier molecular flexibility index (Phi) is 9.96. The fourth-order valence-electron chi connectivity index (χ4n) is 3.22. The molecule has 18 heteroatoms. The number of rotatable bonds is 7. The third-order valence-corrected chi connectivity index (χ3v) is 7.78. The van der Waals surface area contributed by atoms with E-state index in [1.807, 2.05) is 0 Å². The predicted octanol–water partition coefficient (Wildman–Crippen LogP) is 8.56. The molecular weight excluding hydrogens is 675 g/mol. The Labute approximate surface area is 248 Å². The van der Waals surface area contributed by atoms with Crippen LogP contribution in [0.4, 0.5) is 42.1 Å². The van der Waals surface area contributed by atoms with E-state index in [4.69, 9.17) is 46.4 Å². The van der Waals surface area contributed by atoms with Crippen molar-refractivity contribution in [3.05, 3.63) is 84.3 Å². The van der Waals surface area contributed by atoms with Gasteiger partial charge in [-0.05, 0) is 18.2 Å². The highest BCUT2D eigenvalue weighted by molar-refractivity contribution is 8.00. The minimum Gasteiger partial charge on any atom is -0.478 e. The van der Waals surface area contributed by atoms with Crippen molar-refractivity contribution >= 4 is 87.3 Å². The highest BCUT2D eigenvalue weighted by atomic mass is 35.5. The van der Waals surface area contributed by atoms with Crippen LogP contribution in [0, 0.1) is 23.3 Å². The molecule has 0 fully saturated rings. The molecule has 0 aliphatic rings. The molecule has 0 saturated carbocycles. The Hall–Kier alpha value is -2.91. The number of hydrogen-bond donors (Lipinski definition) is 3. The number of carboxylic acid groups (broad SMARTS) is 1. The van der Waals surface area contributed by atoms with Gasteiger partial charge in [-0.3, -0.25) is 9.59 Å². The van der Waals surface area contributed by atoms with E-state index in [2.05, 4.69) is 5.32 Å². The van der Waals surface area contributed by atoms with Gasteiger partial charge in [-0.15, -0.1) is 11.8 Å². The van der Waals surface area contributed by atoms with E-state index < -0.39 is 90.4 Å². The van der Waals surface area contributed by atoms with Gasteiger partial charge < -0.3 is 15.7 Å². The van der Waals surface area contributed by atoms with Crippen LogP contribution in [0.5, 0.6) is 0 Å². The molecule has 3 aromatic rings. The number of alkyl halides is 3. The molecule has 0 aliphatic carbocycles. The summed E-state index contributed by atoms with van der Waals surface area (Å²) < 4.78 is 93.8. The number of nitrogens with one attached hydrogen (secondary N) is 2. The number of anilines is 2. The maximum absolute atomic E-state index is 14.0. The first-order valence-electron chi connectivity index (χ1n) is 10.3. The third kappa shape index (κ3) is 6.78. The lowest BCUT2D eigenvalue weighted by molar-refractivity contribution is -0.143. The Balaban J connectivity index is 1.78. The van der Waals surface area contributed by atoms with Crippen molar-refractivity contribution in [3.8, 4) is 0 Å². The van der Waals surface area contributed by atoms with Crippen LogP contribution in [0.1, 0.15) is 26.3 Å². The molecule has 41 heavy (non-hydrogen) atoms. The molecule has 6 nitrogen and oxygen atoms in total. The summed E-state index contributed by atoms with van der Waals surface area (Å²) >= 11 is 24.4. The summed E-state index contributed by atoms with van der Waals surface area (Å²) in [5.41, 5.74) is -5.87. The predicted molar refractivity (Wildman–Crippen MR) is 138 cm³/mol. The number of halogens is 11. The lowest BCUT2D eigenvalue weighted by Gasteiger charge is -2.15. The maximum Gasteiger partial charge on any atom is 0.422 e. The number of carbonyl (C=O) groups excluding carboxylic acids is 2. The molecule has 3 aromatic carbocycles. The minimum absolute atomic E-state index is 0.0268. The monoisotopic (exact) mass is 682 g/mol. The number of hydrogen-bond acceptors (Lipinski definition) is 4. The van der Waals surface area contributed by atoms with Crippen LogP contribution in [0.15, 0.2) is 29.2 Å². The number of aromatic carboxylic acids is 1. The van der Waals surface area contributed by atoms with Gasteiger partial charge in [0.15, 0.2) is 23.3 Å². The fourth-order valence-corrected chi connectivity index (χ4v) is 4.99. The van der Waals surface area contributed by atoms with Gasteiger partial charge in [0.1, 0.15) is 11.3 Å². The Morgan fingerprint density at radius 1 is 0.805 bits per heavy atom. The number of amides is 2. The van der Waals surface area contributed by atoms with Crippen molar-refractivity contribution in [2.45, 2.75) is 11.1 Å². The molecule has 218 valence electrons. The molecule has 0 aromatic heterocycles. The molecule has 0 atom stereocenters. The smallest absolute Gasteiger partial charge is 0.422 e. The van der Waals surface area contributed by atoms with E-state index in [9.17, 15) is 50.2 Å². The van der Waals surface area contributed by atoms with E-state index in [1.54, 1.807) is 0 Å². The number of thioether (sulfide) groups is 1. The molecule has 0 spiro atoms. The SMILES string of the molecule is O=C(CSc1cccc(NC(=O)c2c(Cl)c(Cl)c(Cl)c(Cl)c2C(=O)O)c1)Nc1c(F)c(F)c(C(F)(F)F)c(F)c1F. The molecule has 0 saturated heterocycles. The van der Waals surface area contributed by atoms with Crippen LogP contribution in [-0.4, -0.2) is 28.6 Å². The van der Waals surface area contributed by atoms with Crippen LogP contribution in [0.25, 0.3) is 0 Å². The summed E-state index contributed by atoms with van der Waals surface area (Å²) in [4.78, 5) is 36.9. The largest absolute Gasteiger partial charge is 0.478 e. The summed E-state index contributed by atoms with van der Waals surface area (Å²) in [5.74, 6) is -15.0. The highest BCUT2D eigenvalue weighted by Crippen LogP contribution is 2.42. The Morgan fingerprint density at radius 3 is 1.85 bits per heavy atom. The standard InChI is InChI=1S/C23H9Cl4F7N2O4S/c24-12-9(10(22(39)40)13(25)15(27)14(12)26)21(38)35-6-2-1-3-7(4-6)41-5-8(37)36-20-18(30)16(28)11(23(32,33)34)17(29)19(20)31/h1-4H,5H2,(H,35,38)(H,36,37)(H,39,40). The van der Waals surface area contributed by atoms with Crippen LogP contribution >= 0.6 is 58.2 Å². The van der Waals surface area contributed by atoms with Gasteiger partial charge in [0.2, 0.25) is 5.91 Å². The summed E-state index contributed by atoms with van der Waals surface area (Å²) in [6.07, 6.45) is -5.75. The summed E-state index contributed by atoms with van der Waals surface area (Å²) in [6.45, 7) is 0. The molecule has 3 rings (SSSR count). The Morgan fingerprint density at radius 2 is 1.34 bits per heavy atom. The Bertz CT molecular complexity index is 1580. The quantitative estimate of drug-likeness (QED) is 0.100. The lowest BCUT2D eigenvalue weighted by atomic mass is 10.1. The van der Waals surface area contributed by atoms with Gasteiger partial charge in [0.05, 0.1) is 37.0 Å². The summed E-state index contributed by atoms with van der Waals surface area (Å²) in [7, 11) is 0. The van der Waals surface area contributed by atoms with Gasteiger partial charge in [-0.25, -0.2) is 22.4 Å². The van der Waals surface area contributed by atoms with E-state index in [0.29, 0.717) is 11.8 Å². The average Bonchev–Trinajstić information content (AvgIpc) is 2.88. The third-order valence-electron chi connectivity index (χ3n) is 4.98. The highest BCUT2D eigenvalue weighted by Gasteiger charge is 2.42. The second kappa shape index (κ2) is 12.5. The van der Waals surface area contributed by atoms with E-state index in [1.165, 1.54) is 29.6 Å². The first-order valence-corrected chi connectivity index (χ1v) is 12.8. The molecule has 0 heterocycles. The molecule has 2 amide bonds. The van der Waals surface area contributed by atoms with Crippen molar-refractivity contribution in [1.82, 2.24) is 0 Å². The summed E-state index contributed by atoms with van der Waals surface area (Å²) in [6, 6.07) is 5.38. The van der Waals surface area contributed by atoms with Crippen molar-refractivity contribution in [1.29, 1.82) is 0 Å². The molecule has 0 aliphatic heterocycles. The first kappa shape index (κ1) is 32.6. The van der Waals surface area contributed by atoms with Crippen LogP contribution in [-0.2, 0) is 11.0 Å². The summed E-state index contributed by atoms with van der Waals surface area (Å²) in [5, 5.41) is 11.5. The zero-order valence-electron chi connectivity index (χ0n) is 19.3. The fraction of sp³-hybridized carbons (Fsp3) is 0.0870. The molecule has 0 radical (unpaired) electrons. The van der Waals surface area contributed by atoms with Gasteiger partial charge in [0.25, 0.3) is 5.91 Å². The molecule has 3 N–H and O–H groups in total. The van der Waals surface area contributed by atoms with Gasteiger partial charge in [-0.1, -0.05) is 52.5 Å². The number of carboxylic acids is 1. The second-order valence-electron chi connectivity index (χ2n) is 7.63. The van der Waals surface area contributed by atoms with Crippen molar-refractivity contribution < 1.29 is 50.2 Å². The average molecular weight is 684 g/mol.